The molecule has 1 heterocycles. The number of nitrogens with one attached hydrogen (secondary N) is 1. The average molecular weight is 263 g/mol. The highest BCUT2D eigenvalue weighted by Gasteiger charge is 2.05. The Bertz CT molecular complexity index is 498. The molecule has 1 aromatic heterocycles. The standard InChI is InChI=1S/C13H17N3OS/c1-3-10-7-5-6-8-11(10)17-9-12-15-16-13(18-12)14-4-2/h5-8H,3-4,9H2,1-2H3,(H,14,16). The molecule has 0 radical (unpaired) electrons. The van der Waals surface area contributed by atoms with Gasteiger partial charge in [0.2, 0.25) is 5.13 Å². The molecule has 0 amide bonds. The van der Waals surface area contributed by atoms with Crippen molar-refractivity contribution < 1.29 is 4.74 Å². The van der Waals surface area contributed by atoms with Gasteiger partial charge in [-0.2, -0.15) is 0 Å². The Balaban J connectivity index is 1.97. The van der Waals surface area contributed by atoms with Gasteiger partial charge in [-0.15, -0.1) is 10.2 Å². The van der Waals surface area contributed by atoms with Gasteiger partial charge in [0.15, 0.2) is 5.01 Å². The normalized spacial score (nSPS) is 10.3. The minimum absolute atomic E-state index is 0.472. The summed E-state index contributed by atoms with van der Waals surface area (Å²) in [5, 5.41) is 13.0. The highest BCUT2D eigenvalue weighted by atomic mass is 32.1. The summed E-state index contributed by atoms with van der Waals surface area (Å²) in [6.07, 6.45) is 0.967. The molecule has 0 spiro atoms. The highest BCUT2D eigenvalue weighted by Crippen LogP contribution is 2.21. The SMILES string of the molecule is CCNc1nnc(COc2ccccc2CC)s1. The van der Waals surface area contributed by atoms with Crippen molar-refractivity contribution in [3.8, 4) is 5.75 Å². The Morgan fingerprint density at radius 3 is 2.83 bits per heavy atom. The lowest BCUT2D eigenvalue weighted by Gasteiger charge is -2.08. The summed E-state index contributed by atoms with van der Waals surface area (Å²) >= 11 is 1.53. The molecule has 0 unspecified atom stereocenters. The number of ether oxygens (including phenoxy) is 1. The number of benzene rings is 1. The van der Waals surface area contributed by atoms with Crippen LogP contribution in [0, 0.1) is 0 Å². The number of nitrogens with zero attached hydrogens (tertiary/aromatic N) is 2. The molecule has 18 heavy (non-hydrogen) atoms. The number of hydrogen-bond donors (Lipinski definition) is 1. The lowest BCUT2D eigenvalue weighted by molar-refractivity contribution is 0.301. The molecule has 0 aliphatic carbocycles. The van der Waals surface area contributed by atoms with Crippen LogP contribution in [0.2, 0.25) is 0 Å². The third-order valence-corrected chi connectivity index (χ3v) is 3.35. The van der Waals surface area contributed by atoms with Gasteiger partial charge in [0, 0.05) is 6.54 Å². The second kappa shape index (κ2) is 6.35. The molecule has 2 rings (SSSR count). The van der Waals surface area contributed by atoms with Crippen molar-refractivity contribution in [2.24, 2.45) is 0 Å². The monoisotopic (exact) mass is 263 g/mol. The van der Waals surface area contributed by atoms with Crippen LogP contribution in [0.5, 0.6) is 5.75 Å². The first-order valence-electron chi connectivity index (χ1n) is 6.10. The van der Waals surface area contributed by atoms with Crippen molar-refractivity contribution >= 4 is 16.5 Å². The molecule has 0 bridgehead atoms. The van der Waals surface area contributed by atoms with Crippen LogP contribution in [0.15, 0.2) is 24.3 Å². The van der Waals surface area contributed by atoms with Crippen molar-refractivity contribution in [3.05, 3.63) is 34.8 Å². The van der Waals surface area contributed by atoms with E-state index in [-0.39, 0.29) is 0 Å². The number of anilines is 1. The molecule has 0 saturated heterocycles. The van der Waals surface area contributed by atoms with Crippen LogP contribution in [-0.4, -0.2) is 16.7 Å². The minimum atomic E-state index is 0.472. The van der Waals surface area contributed by atoms with Gasteiger partial charge < -0.3 is 10.1 Å². The van der Waals surface area contributed by atoms with Gasteiger partial charge in [-0.05, 0) is 25.0 Å². The maximum absolute atomic E-state index is 5.79. The molecular weight excluding hydrogens is 246 g/mol. The zero-order chi connectivity index (χ0) is 12.8. The van der Waals surface area contributed by atoms with E-state index in [0.29, 0.717) is 6.61 Å². The molecule has 0 atom stereocenters. The Morgan fingerprint density at radius 2 is 2.06 bits per heavy atom. The summed E-state index contributed by atoms with van der Waals surface area (Å²) in [6.45, 7) is 5.49. The highest BCUT2D eigenvalue weighted by molar-refractivity contribution is 7.15. The molecular formula is C13H17N3OS. The van der Waals surface area contributed by atoms with E-state index in [2.05, 4.69) is 28.5 Å². The van der Waals surface area contributed by atoms with Crippen molar-refractivity contribution in [1.29, 1.82) is 0 Å². The zero-order valence-corrected chi connectivity index (χ0v) is 11.5. The Labute approximate surface area is 111 Å². The van der Waals surface area contributed by atoms with Gasteiger partial charge >= 0.3 is 0 Å². The van der Waals surface area contributed by atoms with Gasteiger partial charge in [-0.3, -0.25) is 0 Å². The quantitative estimate of drug-likeness (QED) is 0.870. The van der Waals surface area contributed by atoms with Crippen molar-refractivity contribution in [2.45, 2.75) is 26.9 Å². The van der Waals surface area contributed by atoms with Gasteiger partial charge in [0.1, 0.15) is 12.4 Å². The van der Waals surface area contributed by atoms with Crippen LogP contribution in [0.4, 0.5) is 5.13 Å². The predicted molar refractivity (Wildman–Crippen MR) is 74.2 cm³/mol. The number of aryl methyl sites for hydroxylation is 1. The minimum Gasteiger partial charge on any atom is -0.486 e. The topological polar surface area (TPSA) is 47.0 Å². The summed E-state index contributed by atoms with van der Waals surface area (Å²) < 4.78 is 5.79. The summed E-state index contributed by atoms with van der Waals surface area (Å²) in [5.41, 5.74) is 1.22. The van der Waals surface area contributed by atoms with Crippen LogP contribution in [0.3, 0.4) is 0 Å². The first-order valence-corrected chi connectivity index (χ1v) is 6.92. The van der Waals surface area contributed by atoms with Crippen molar-refractivity contribution in [3.63, 3.8) is 0 Å². The Morgan fingerprint density at radius 1 is 1.22 bits per heavy atom. The zero-order valence-electron chi connectivity index (χ0n) is 10.6. The van der Waals surface area contributed by atoms with E-state index in [1.807, 2.05) is 25.1 Å². The molecule has 1 N–H and O–H groups in total. The smallest absolute Gasteiger partial charge is 0.205 e. The van der Waals surface area contributed by atoms with E-state index < -0.39 is 0 Å². The van der Waals surface area contributed by atoms with Gasteiger partial charge in [-0.25, -0.2) is 0 Å². The number of hydrogen-bond acceptors (Lipinski definition) is 5. The number of rotatable bonds is 6. The fourth-order valence-electron chi connectivity index (χ4n) is 1.61. The molecule has 2 aromatic rings. The number of aromatic nitrogens is 2. The molecule has 4 nitrogen and oxygen atoms in total. The van der Waals surface area contributed by atoms with Gasteiger partial charge in [0.05, 0.1) is 0 Å². The van der Waals surface area contributed by atoms with E-state index in [1.165, 1.54) is 16.9 Å². The van der Waals surface area contributed by atoms with Crippen LogP contribution >= 0.6 is 11.3 Å². The second-order valence-corrected chi connectivity index (χ2v) is 4.84. The fraction of sp³-hybridized carbons (Fsp3) is 0.385. The summed E-state index contributed by atoms with van der Waals surface area (Å²) in [6, 6.07) is 8.09. The van der Waals surface area contributed by atoms with Crippen LogP contribution in [0.1, 0.15) is 24.4 Å². The maximum atomic E-state index is 5.79. The van der Waals surface area contributed by atoms with Crippen LogP contribution < -0.4 is 10.1 Å². The van der Waals surface area contributed by atoms with E-state index in [0.717, 1.165) is 28.9 Å². The summed E-state index contributed by atoms with van der Waals surface area (Å²) in [4.78, 5) is 0. The lowest BCUT2D eigenvalue weighted by atomic mass is 10.1. The summed E-state index contributed by atoms with van der Waals surface area (Å²) in [7, 11) is 0. The molecule has 0 fully saturated rings. The first kappa shape index (κ1) is 12.8. The Hall–Kier alpha value is -1.62. The largest absolute Gasteiger partial charge is 0.486 e. The fourth-order valence-corrected chi connectivity index (χ4v) is 2.33. The van der Waals surface area contributed by atoms with Crippen molar-refractivity contribution in [2.75, 3.05) is 11.9 Å². The Kier molecular flexibility index (Phi) is 4.52. The first-order chi connectivity index (χ1) is 8.83. The molecule has 0 aliphatic rings. The van der Waals surface area contributed by atoms with Crippen LogP contribution in [0.25, 0.3) is 0 Å². The predicted octanol–water partition coefficient (Wildman–Crippen LogP) is 3.11. The molecule has 5 heteroatoms. The van der Waals surface area contributed by atoms with E-state index >= 15 is 0 Å². The van der Waals surface area contributed by atoms with E-state index in [4.69, 9.17) is 4.74 Å². The van der Waals surface area contributed by atoms with Crippen LogP contribution in [-0.2, 0) is 13.0 Å². The molecule has 0 saturated carbocycles. The van der Waals surface area contributed by atoms with Crippen molar-refractivity contribution in [1.82, 2.24) is 10.2 Å². The van der Waals surface area contributed by atoms with E-state index in [1.54, 1.807) is 0 Å². The van der Waals surface area contributed by atoms with E-state index in [9.17, 15) is 0 Å². The summed E-state index contributed by atoms with van der Waals surface area (Å²) in [5.74, 6) is 0.931. The average Bonchev–Trinajstić information content (AvgIpc) is 2.85. The molecule has 1 aromatic carbocycles. The lowest BCUT2D eigenvalue weighted by Crippen LogP contribution is -1.97. The third kappa shape index (κ3) is 3.20. The van der Waals surface area contributed by atoms with Gasteiger partial charge in [-0.1, -0.05) is 36.5 Å². The second-order valence-electron chi connectivity index (χ2n) is 3.78. The molecule has 96 valence electrons. The third-order valence-electron chi connectivity index (χ3n) is 2.50. The van der Waals surface area contributed by atoms with Gasteiger partial charge in [0.25, 0.3) is 0 Å². The number of para-hydroxylation sites is 1. The maximum Gasteiger partial charge on any atom is 0.205 e. The molecule has 0 aliphatic heterocycles.